The zero-order chi connectivity index (χ0) is 10.4. The summed E-state index contributed by atoms with van der Waals surface area (Å²) in [5.41, 5.74) is 6.69. The van der Waals surface area contributed by atoms with Crippen molar-refractivity contribution in [3.63, 3.8) is 0 Å². The van der Waals surface area contributed by atoms with Crippen molar-refractivity contribution in [1.29, 1.82) is 0 Å². The second-order valence-corrected chi connectivity index (χ2v) is 3.37. The third-order valence-corrected chi connectivity index (χ3v) is 1.72. The standard InChI is InChI=1S/C11H17NO2/c1-9(12)7-14-11-5-3-4-10(6-11)8-13-2/h3-6,9H,7-8,12H2,1-2H3/t9-/m1/s1. The van der Waals surface area contributed by atoms with E-state index in [9.17, 15) is 0 Å². The molecule has 1 aromatic carbocycles. The van der Waals surface area contributed by atoms with Gasteiger partial charge in [-0.05, 0) is 24.6 Å². The van der Waals surface area contributed by atoms with Crippen molar-refractivity contribution in [2.24, 2.45) is 5.73 Å². The fraction of sp³-hybridized carbons (Fsp3) is 0.455. The van der Waals surface area contributed by atoms with Gasteiger partial charge in [-0.15, -0.1) is 0 Å². The molecule has 0 aliphatic rings. The predicted molar refractivity (Wildman–Crippen MR) is 56.3 cm³/mol. The van der Waals surface area contributed by atoms with Crippen LogP contribution in [0.1, 0.15) is 12.5 Å². The van der Waals surface area contributed by atoms with Crippen LogP contribution in [0, 0.1) is 0 Å². The van der Waals surface area contributed by atoms with Crippen molar-refractivity contribution < 1.29 is 9.47 Å². The van der Waals surface area contributed by atoms with Crippen molar-refractivity contribution in [2.75, 3.05) is 13.7 Å². The molecule has 0 amide bonds. The van der Waals surface area contributed by atoms with Gasteiger partial charge in [0, 0.05) is 13.2 Å². The maximum Gasteiger partial charge on any atom is 0.119 e. The highest BCUT2D eigenvalue weighted by atomic mass is 16.5. The zero-order valence-corrected chi connectivity index (χ0v) is 8.69. The van der Waals surface area contributed by atoms with E-state index in [1.165, 1.54) is 0 Å². The van der Waals surface area contributed by atoms with Crippen LogP contribution in [0.2, 0.25) is 0 Å². The van der Waals surface area contributed by atoms with Crippen LogP contribution in [0.15, 0.2) is 24.3 Å². The highest BCUT2D eigenvalue weighted by Gasteiger charge is 1.98. The van der Waals surface area contributed by atoms with E-state index in [1.54, 1.807) is 7.11 Å². The van der Waals surface area contributed by atoms with Gasteiger partial charge in [0.05, 0.1) is 6.61 Å². The smallest absolute Gasteiger partial charge is 0.119 e. The molecule has 0 unspecified atom stereocenters. The summed E-state index contributed by atoms with van der Waals surface area (Å²) in [7, 11) is 1.68. The van der Waals surface area contributed by atoms with E-state index in [0.717, 1.165) is 11.3 Å². The average molecular weight is 195 g/mol. The molecule has 0 heterocycles. The maximum atomic E-state index is 5.59. The van der Waals surface area contributed by atoms with Crippen molar-refractivity contribution >= 4 is 0 Å². The fourth-order valence-electron chi connectivity index (χ4n) is 1.12. The van der Waals surface area contributed by atoms with Gasteiger partial charge in [0.2, 0.25) is 0 Å². The number of rotatable bonds is 5. The molecule has 1 rings (SSSR count). The van der Waals surface area contributed by atoms with Crippen molar-refractivity contribution in [3.8, 4) is 5.75 Å². The molecule has 0 bridgehead atoms. The van der Waals surface area contributed by atoms with Crippen LogP contribution in [-0.2, 0) is 11.3 Å². The quantitative estimate of drug-likeness (QED) is 0.775. The van der Waals surface area contributed by atoms with Crippen molar-refractivity contribution in [2.45, 2.75) is 19.6 Å². The predicted octanol–water partition coefficient (Wildman–Crippen LogP) is 1.56. The molecule has 0 saturated carbocycles. The van der Waals surface area contributed by atoms with Crippen LogP contribution < -0.4 is 10.5 Å². The third-order valence-electron chi connectivity index (χ3n) is 1.72. The van der Waals surface area contributed by atoms with Gasteiger partial charge >= 0.3 is 0 Å². The zero-order valence-electron chi connectivity index (χ0n) is 8.69. The van der Waals surface area contributed by atoms with E-state index in [4.69, 9.17) is 15.2 Å². The van der Waals surface area contributed by atoms with Gasteiger partial charge in [-0.1, -0.05) is 12.1 Å². The molecule has 3 heteroatoms. The number of ether oxygens (including phenoxy) is 2. The summed E-state index contributed by atoms with van der Waals surface area (Å²) < 4.78 is 10.5. The van der Waals surface area contributed by atoms with Gasteiger partial charge in [0.1, 0.15) is 12.4 Å². The molecule has 3 nitrogen and oxygen atoms in total. The number of methoxy groups -OCH3 is 1. The SMILES string of the molecule is COCc1cccc(OC[C@@H](C)N)c1. The second-order valence-electron chi connectivity index (χ2n) is 3.37. The fourth-order valence-corrected chi connectivity index (χ4v) is 1.12. The van der Waals surface area contributed by atoms with Crippen LogP contribution in [0.4, 0.5) is 0 Å². The van der Waals surface area contributed by atoms with Crippen LogP contribution in [-0.4, -0.2) is 19.8 Å². The largest absolute Gasteiger partial charge is 0.492 e. The summed E-state index contributed by atoms with van der Waals surface area (Å²) in [4.78, 5) is 0. The summed E-state index contributed by atoms with van der Waals surface area (Å²) in [5, 5.41) is 0. The Morgan fingerprint density at radius 3 is 2.86 bits per heavy atom. The van der Waals surface area contributed by atoms with Gasteiger partial charge in [0.15, 0.2) is 0 Å². The van der Waals surface area contributed by atoms with Gasteiger partial charge in [-0.25, -0.2) is 0 Å². The van der Waals surface area contributed by atoms with Crippen molar-refractivity contribution in [1.82, 2.24) is 0 Å². The summed E-state index contributed by atoms with van der Waals surface area (Å²) in [6, 6.07) is 7.89. The molecule has 2 N–H and O–H groups in total. The van der Waals surface area contributed by atoms with E-state index in [0.29, 0.717) is 13.2 Å². The molecule has 0 aliphatic heterocycles. The minimum absolute atomic E-state index is 0.0566. The Morgan fingerprint density at radius 2 is 2.21 bits per heavy atom. The Labute approximate surface area is 84.8 Å². The molecule has 14 heavy (non-hydrogen) atoms. The summed E-state index contributed by atoms with van der Waals surface area (Å²) >= 11 is 0. The normalized spacial score (nSPS) is 12.5. The highest BCUT2D eigenvalue weighted by molar-refractivity contribution is 5.28. The van der Waals surface area contributed by atoms with Crippen LogP contribution in [0.3, 0.4) is 0 Å². The Kier molecular flexibility index (Phi) is 4.43. The van der Waals surface area contributed by atoms with E-state index in [2.05, 4.69) is 0 Å². The number of benzene rings is 1. The summed E-state index contributed by atoms with van der Waals surface area (Å²) in [6.07, 6.45) is 0. The number of hydrogen-bond acceptors (Lipinski definition) is 3. The van der Waals surface area contributed by atoms with Gasteiger partial charge in [0.25, 0.3) is 0 Å². The lowest BCUT2D eigenvalue weighted by molar-refractivity contribution is 0.184. The lowest BCUT2D eigenvalue weighted by atomic mass is 10.2. The Balaban J connectivity index is 2.54. The summed E-state index contributed by atoms with van der Waals surface area (Å²) in [6.45, 7) is 3.06. The van der Waals surface area contributed by atoms with E-state index in [1.807, 2.05) is 31.2 Å². The molecule has 1 atom stereocenters. The molecular weight excluding hydrogens is 178 g/mol. The molecule has 0 aromatic heterocycles. The molecule has 78 valence electrons. The first-order chi connectivity index (χ1) is 6.72. The average Bonchev–Trinajstić information content (AvgIpc) is 2.16. The molecule has 0 aliphatic carbocycles. The van der Waals surface area contributed by atoms with Crippen molar-refractivity contribution in [3.05, 3.63) is 29.8 Å². The van der Waals surface area contributed by atoms with Gasteiger partial charge < -0.3 is 15.2 Å². The summed E-state index contributed by atoms with van der Waals surface area (Å²) in [5.74, 6) is 0.844. The van der Waals surface area contributed by atoms with E-state index >= 15 is 0 Å². The molecule has 0 radical (unpaired) electrons. The third kappa shape index (κ3) is 3.77. The van der Waals surface area contributed by atoms with Gasteiger partial charge in [-0.2, -0.15) is 0 Å². The number of nitrogens with two attached hydrogens (primary N) is 1. The van der Waals surface area contributed by atoms with E-state index in [-0.39, 0.29) is 6.04 Å². The monoisotopic (exact) mass is 195 g/mol. The van der Waals surface area contributed by atoms with Crippen LogP contribution >= 0.6 is 0 Å². The first-order valence-electron chi connectivity index (χ1n) is 4.68. The van der Waals surface area contributed by atoms with E-state index < -0.39 is 0 Å². The Morgan fingerprint density at radius 1 is 1.43 bits per heavy atom. The van der Waals surface area contributed by atoms with Crippen LogP contribution in [0.25, 0.3) is 0 Å². The highest BCUT2D eigenvalue weighted by Crippen LogP contribution is 2.13. The maximum absolute atomic E-state index is 5.59. The molecular formula is C11H17NO2. The molecule has 1 aromatic rings. The first-order valence-corrected chi connectivity index (χ1v) is 4.68. The Hall–Kier alpha value is -1.06. The molecule has 0 fully saturated rings. The minimum atomic E-state index is 0.0566. The minimum Gasteiger partial charge on any atom is -0.492 e. The molecule has 0 spiro atoms. The van der Waals surface area contributed by atoms with Crippen LogP contribution in [0.5, 0.6) is 5.75 Å². The molecule has 0 saturated heterocycles. The first kappa shape index (κ1) is 11.0. The lowest BCUT2D eigenvalue weighted by Gasteiger charge is -2.09. The number of hydrogen-bond donors (Lipinski definition) is 1. The topological polar surface area (TPSA) is 44.5 Å². The lowest BCUT2D eigenvalue weighted by Crippen LogP contribution is -2.23. The Bertz CT molecular complexity index is 274. The second kappa shape index (κ2) is 5.62. The van der Waals surface area contributed by atoms with Gasteiger partial charge in [-0.3, -0.25) is 0 Å².